The van der Waals surface area contributed by atoms with Crippen molar-refractivity contribution in [2.45, 2.75) is 151 Å². The first-order valence-electron chi connectivity index (χ1n) is 10.7. The van der Waals surface area contributed by atoms with E-state index >= 15 is 0 Å². The molecule has 0 N–H and O–H groups in total. The van der Waals surface area contributed by atoms with E-state index in [9.17, 15) is 0 Å². The molecule has 0 aromatic rings. The average Bonchev–Trinajstić information content (AvgIpc) is 2.50. The summed E-state index contributed by atoms with van der Waals surface area (Å²) < 4.78 is 0. The van der Waals surface area contributed by atoms with Crippen molar-refractivity contribution in [3.8, 4) is 0 Å². The van der Waals surface area contributed by atoms with Crippen molar-refractivity contribution in [3.63, 3.8) is 0 Å². The molecular formula is C27H68. The van der Waals surface area contributed by atoms with Gasteiger partial charge in [-0.05, 0) is 42.4 Å². The van der Waals surface area contributed by atoms with Gasteiger partial charge >= 0.3 is 0 Å². The molecule has 0 aliphatic carbocycles. The molecule has 0 aromatic heterocycles. The van der Waals surface area contributed by atoms with Crippen LogP contribution in [-0.2, 0) is 0 Å². The largest absolute Gasteiger partial charge is 0.0776 e. The first-order chi connectivity index (χ1) is 10.7. The minimum absolute atomic E-state index is 0. The number of hydrogen-bond acceptors (Lipinski definition) is 0. The molecule has 0 nitrogen and oxygen atoms in total. The van der Waals surface area contributed by atoms with Crippen LogP contribution in [0.4, 0.5) is 0 Å². The van der Waals surface area contributed by atoms with Crippen molar-refractivity contribution in [1.82, 2.24) is 0 Å². The molecule has 0 aromatic carbocycles. The fourth-order valence-electron chi connectivity index (χ4n) is 2.58. The van der Waals surface area contributed by atoms with Gasteiger partial charge in [0.05, 0.1) is 0 Å². The second-order valence-electron chi connectivity index (χ2n) is 8.43. The standard InChI is InChI=1S/2C9H20.C5H12.4CH4/c2*1-5-9(6-2)7-8(3)4;1-4-5(2)3;;;;/h2*8-9H,5-7H2,1-4H3;5H,4H2,1-3H3;4*1H4. The van der Waals surface area contributed by atoms with E-state index < -0.39 is 0 Å². The third-order valence-electron chi connectivity index (χ3n) is 4.74. The molecule has 0 amide bonds. The molecule has 27 heavy (non-hydrogen) atoms. The van der Waals surface area contributed by atoms with Crippen LogP contribution in [0.25, 0.3) is 0 Å². The van der Waals surface area contributed by atoms with Gasteiger partial charge in [0, 0.05) is 0 Å². The molecule has 0 aliphatic heterocycles. The highest BCUT2D eigenvalue weighted by Crippen LogP contribution is 2.18. The zero-order chi connectivity index (χ0) is 18.8. The van der Waals surface area contributed by atoms with Crippen LogP contribution in [0.5, 0.6) is 0 Å². The van der Waals surface area contributed by atoms with Crippen molar-refractivity contribution in [2.75, 3.05) is 0 Å². The lowest BCUT2D eigenvalue weighted by Crippen LogP contribution is -2.00. The summed E-state index contributed by atoms with van der Waals surface area (Å²) in [4.78, 5) is 0. The highest BCUT2D eigenvalue weighted by molar-refractivity contribution is 4.57. The quantitative estimate of drug-likeness (QED) is 0.366. The van der Waals surface area contributed by atoms with Crippen LogP contribution < -0.4 is 0 Å². The molecule has 0 heteroatoms. The molecule has 0 unspecified atom stereocenters. The highest BCUT2D eigenvalue weighted by Gasteiger charge is 2.05. The van der Waals surface area contributed by atoms with Crippen LogP contribution in [0, 0.1) is 29.6 Å². The van der Waals surface area contributed by atoms with E-state index in [-0.39, 0.29) is 29.7 Å². The monoisotopic (exact) mass is 393 g/mol. The van der Waals surface area contributed by atoms with E-state index in [4.69, 9.17) is 0 Å². The van der Waals surface area contributed by atoms with E-state index in [1.807, 2.05) is 0 Å². The fraction of sp³-hybridized carbons (Fsp3) is 1.00. The fourth-order valence-corrected chi connectivity index (χ4v) is 2.58. The van der Waals surface area contributed by atoms with Crippen molar-refractivity contribution in [3.05, 3.63) is 0 Å². The summed E-state index contributed by atoms with van der Waals surface area (Å²) in [5, 5.41) is 0. The molecular weight excluding hydrogens is 324 g/mol. The summed E-state index contributed by atoms with van der Waals surface area (Å²) in [6.45, 7) is 25.0. The van der Waals surface area contributed by atoms with Crippen LogP contribution in [0.15, 0.2) is 0 Å². The van der Waals surface area contributed by atoms with Gasteiger partial charge in [-0.2, -0.15) is 0 Å². The van der Waals surface area contributed by atoms with Crippen LogP contribution >= 0.6 is 0 Å². The molecule has 0 saturated carbocycles. The molecule has 0 aliphatic rings. The third kappa shape index (κ3) is 46.2. The topological polar surface area (TPSA) is 0 Å². The molecule has 0 spiro atoms. The molecule has 176 valence electrons. The van der Waals surface area contributed by atoms with Gasteiger partial charge in [-0.3, -0.25) is 0 Å². The van der Waals surface area contributed by atoms with Gasteiger partial charge in [0.2, 0.25) is 0 Å². The molecule has 0 heterocycles. The second kappa shape index (κ2) is 33.6. The molecule has 0 fully saturated rings. The van der Waals surface area contributed by atoms with Crippen molar-refractivity contribution in [2.24, 2.45) is 29.6 Å². The van der Waals surface area contributed by atoms with Gasteiger partial charge in [0.1, 0.15) is 0 Å². The summed E-state index contributed by atoms with van der Waals surface area (Å²) in [7, 11) is 0. The van der Waals surface area contributed by atoms with Crippen LogP contribution in [0.3, 0.4) is 0 Å². The van der Waals surface area contributed by atoms with E-state index in [2.05, 4.69) is 76.2 Å². The van der Waals surface area contributed by atoms with Gasteiger partial charge in [0.15, 0.2) is 0 Å². The lowest BCUT2D eigenvalue weighted by molar-refractivity contribution is 0.388. The van der Waals surface area contributed by atoms with Gasteiger partial charge < -0.3 is 0 Å². The minimum atomic E-state index is 0. The Hall–Kier alpha value is 0. The van der Waals surface area contributed by atoms with Crippen LogP contribution in [0.2, 0.25) is 0 Å². The Labute approximate surface area is 180 Å². The third-order valence-corrected chi connectivity index (χ3v) is 4.74. The van der Waals surface area contributed by atoms with Gasteiger partial charge in [-0.25, -0.2) is 0 Å². The van der Waals surface area contributed by atoms with Crippen LogP contribution in [-0.4, -0.2) is 0 Å². The summed E-state index contributed by atoms with van der Waals surface area (Å²) >= 11 is 0. The van der Waals surface area contributed by atoms with Crippen molar-refractivity contribution >= 4 is 0 Å². The number of hydrogen-bond donors (Lipinski definition) is 0. The Kier molecular flexibility index (Phi) is 56.7. The normalized spacial score (nSPS) is 9.33. The SMILES string of the molecule is C.C.C.C.CCC(C)C.CCC(CC)CC(C)C.CCC(CC)CC(C)C. The van der Waals surface area contributed by atoms with Gasteiger partial charge in [-0.15, -0.1) is 0 Å². The van der Waals surface area contributed by atoms with Gasteiger partial charge in [-0.1, -0.05) is 138 Å². The predicted molar refractivity (Wildman–Crippen MR) is 139 cm³/mol. The Balaban J connectivity index is -0.0000000428. The average molecular weight is 393 g/mol. The Morgan fingerprint density at radius 3 is 0.593 bits per heavy atom. The second-order valence-corrected chi connectivity index (χ2v) is 8.43. The molecule has 0 atom stereocenters. The van der Waals surface area contributed by atoms with Crippen molar-refractivity contribution < 1.29 is 0 Å². The molecule has 0 saturated heterocycles. The Morgan fingerprint density at radius 1 is 0.370 bits per heavy atom. The number of rotatable bonds is 9. The summed E-state index contributed by atoms with van der Waals surface area (Å²) in [6.07, 6.45) is 9.55. The van der Waals surface area contributed by atoms with Gasteiger partial charge in [0.25, 0.3) is 0 Å². The Bertz CT molecular complexity index is 164. The Morgan fingerprint density at radius 2 is 0.556 bits per heavy atom. The smallest absolute Gasteiger partial charge is 0.0417 e. The summed E-state index contributed by atoms with van der Waals surface area (Å²) in [6, 6.07) is 0. The van der Waals surface area contributed by atoms with Crippen molar-refractivity contribution in [1.29, 1.82) is 0 Å². The van der Waals surface area contributed by atoms with E-state index in [0.29, 0.717) is 0 Å². The molecule has 0 rings (SSSR count). The first kappa shape index (κ1) is 45.6. The maximum absolute atomic E-state index is 2.30. The highest BCUT2D eigenvalue weighted by atomic mass is 14.1. The first-order valence-corrected chi connectivity index (χ1v) is 10.7. The minimum Gasteiger partial charge on any atom is -0.0776 e. The molecule has 0 radical (unpaired) electrons. The zero-order valence-electron chi connectivity index (χ0n) is 18.8. The maximum Gasteiger partial charge on any atom is -0.0417 e. The van der Waals surface area contributed by atoms with Crippen LogP contribution in [0.1, 0.15) is 151 Å². The lowest BCUT2D eigenvalue weighted by Gasteiger charge is -2.13. The van der Waals surface area contributed by atoms with E-state index in [1.165, 1.54) is 44.9 Å². The summed E-state index contributed by atoms with van der Waals surface area (Å²) in [5.41, 5.74) is 0. The summed E-state index contributed by atoms with van der Waals surface area (Å²) in [5.74, 6) is 4.61. The van der Waals surface area contributed by atoms with E-state index in [0.717, 1.165) is 29.6 Å². The predicted octanol–water partition coefficient (Wildman–Crippen LogP) is 11.5. The van der Waals surface area contributed by atoms with E-state index in [1.54, 1.807) is 0 Å². The zero-order valence-corrected chi connectivity index (χ0v) is 18.8. The maximum atomic E-state index is 2.30. The lowest BCUT2D eigenvalue weighted by atomic mass is 9.93. The molecule has 0 bridgehead atoms.